The maximum atomic E-state index is 11.6. The first kappa shape index (κ1) is 10.8. The van der Waals surface area contributed by atoms with E-state index in [0.717, 1.165) is 0 Å². The molecule has 0 aliphatic carbocycles. The minimum atomic E-state index is -2.53. The van der Waals surface area contributed by atoms with Crippen molar-refractivity contribution in [1.29, 1.82) is 5.26 Å². The summed E-state index contributed by atoms with van der Waals surface area (Å²) in [6, 6.07) is 3.10. The van der Waals surface area contributed by atoms with Crippen molar-refractivity contribution in [2.24, 2.45) is 0 Å². The molecule has 0 aromatic carbocycles. The number of hydrogen-bond acceptors (Lipinski definition) is 4. The second kappa shape index (κ2) is 4.26. The van der Waals surface area contributed by atoms with Crippen molar-refractivity contribution < 1.29 is 4.21 Å². The van der Waals surface area contributed by atoms with E-state index < -0.39 is 9.71 Å². The van der Waals surface area contributed by atoms with Gasteiger partial charge in [-0.15, -0.1) is 10.2 Å². The summed E-state index contributed by atoms with van der Waals surface area (Å²) < 4.78 is 13.7. The number of aromatic nitrogens is 2. The molecule has 0 spiro atoms. The minimum Gasteiger partial charge on any atom is -0.249 e. The van der Waals surface area contributed by atoms with Crippen LogP contribution in [0.25, 0.3) is 0 Å². The van der Waals surface area contributed by atoms with Crippen LogP contribution in [-0.4, -0.2) is 26.0 Å². The quantitative estimate of drug-likeness (QED) is 0.447. The summed E-state index contributed by atoms with van der Waals surface area (Å²) in [7, 11) is -2.53. The van der Waals surface area contributed by atoms with Gasteiger partial charge in [-0.25, -0.2) is 8.93 Å². The first-order chi connectivity index (χ1) is 6.53. The molecule has 0 radical (unpaired) electrons. The molecule has 1 aromatic heterocycles. The molecule has 5 nitrogen and oxygen atoms in total. The largest absolute Gasteiger partial charge is 0.249 e. The summed E-state index contributed by atoms with van der Waals surface area (Å²) in [4.78, 5) is 0. The number of rotatable bonds is 2. The Morgan fingerprint density at radius 2 is 2.36 bits per heavy atom. The second-order valence-electron chi connectivity index (χ2n) is 2.52. The van der Waals surface area contributed by atoms with Crippen LogP contribution < -0.4 is 4.72 Å². The normalized spacial score (nSPS) is 13.8. The van der Waals surface area contributed by atoms with Gasteiger partial charge >= 0.3 is 0 Å². The Kier molecular flexibility index (Phi) is 3.28. The van der Waals surface area contributed by atoms with E-state index in [2.05, 4.69) is 14.9 Å². The highest BCUT2D eigenvalue weighted by molar-refractivity contribution is 7.99. The number of hydrogen-bond donors (Lipinski definition) is 1. The number of nitriles is 1. The predicted molar refractivity (Wildman–Crippen MR) is 55.0 cm³/mol. The summed E-state index contributed by atoms with van der Waals surface area (Å²) in [6.07, 6.45) is 3.00. The number of nitrogens with one attached hydrogen (secondary N) is 1. The third-order valence-electron chi connectivity index (χ3n) is 1.25. The van der Waals surface area contributed by atoms with Crippen molar-refractivity contribution >= 4 is 26.7 Å². The molecule has 1 rings (SSSR count). The van der Waals surface area contributed by atoms with Crippen molar-refractivity contribution in [3.8, 4) is 6.19 Å². The van der Waals surface area contributed by atoms with Crippen molar-refractivity contribution in [2.75, 3.05) is 6.26 Å². The van der Waals surface area contributed by atoms with E-state index in [4.69, 9.17) is 16.9 Å². The highest BCUT2D eigenvalue weighted by Gasteiger charge is 1.99. The van der Waals surface area contributed by atoms with Crippen LogP contribution in [0.5, 0.6) is 0 Å². The van der Waals surface area contributed by atoms with E-state index in [9.17, 15) is 4.21 Å². The fourth-order valence-corrected chi connectivity index (χ4v) is 1.67. The molecule has 0 aliphatic heterocycles. The van der Waals surface area contributed by atoms with Gasteiger partial charge in [0, 0.05) is 11.6 Å². The zero-order valence-corrected chi connectivity index (χ0v) is 8.84. The molecule has 1 atom stereocenters. The van der Waals surface area contributed by atoms with Crippen molar-refractivity contribution in [2.45, 2.75) is 0 Å². The molecule has 1 N–H and O–H groups in total. The molecule has 7 heteroatoms. The molecule has 0 saturated heterocycles. The Labute approximate surface area is 86.9 Å². The van der Waals surface area contributed by atoms with Crippen molar-refractivity contribution in [1.82, 2.24) is 14.9 Å². The lowest BCUT2D eigenvalue weighted by atomic mass is 10.4. The topological polar surface area (TPSA) is 78.7 Å². The smallest absolute Gasteiger partial charge is 0.188 e. The van der Waals surface area contributed by atoms with Gasteiger partial charge in [0.05, 0.1) is 15.4 Å². The van der Waals surface area contributed by atoms with E-state index in [1.807, 2.05) is 0 Å². The SMILES string of the molecule is CS(=O)(=Cc1ccc(Cl)nn1)NC#N. The Balaban J connectivity index is 3.04. The van der Waals surface area contributed by atoms with Crippen LogP contribution in [0.1, 0.15) is 5.69 Å². The maximum Gasteiger partial charge on any atom is 0.188 e. The van der Waals surface area contributed by atoms with Crippen LogP contribution in [-0.2, 0) is 9.71 Å². The van der Waals surface area contributed by atoms with Gasteiger partial charge in [0.25, 0.3) is 0 Å². The van der Waals surface area contributed by atoms with Gasteiger partial charge in [0.15, 0.2) is 11.3 Å². The Morgan fingerprint density at radius 3 is 2.86 bits per heavy atom. The molecule has 1 heterocycles. The third kappa shape index (κ3) is 3.20. The Bertz CT molecular complexity index is 469. The molecule has 14 heavy (non-hydrogen) atoms. The summed E-state index contributed by atoms with van der Waals surface area (Å²) in [6.45, 7) is 0. The van der Waals surface area contributed by atoms with E-state index in [1.165, 1.54) is 17.7 Å². The highest BCUT2D eigenvalue weighted by atomic mass is 35.5. The first-order valence-corrected chi connectivity index (χ1v) is 5.93. The first-order valence-electron chi connectivity index (χ1n) is 3.52. The van der Waals surface area contributed by atoms with E-state index >= 15 is 0 Å². The lowest BCUT2D eigenvalue weighted by Crippen LogP contribution is -2.19. The molecular weight excluding hydrogens is 224 g/mol. The van der Waals surface area contributed by atoms with E-state index in [1.54, 1.807) is 12.3 Å². The van der Waals surface area contributed by atoms with Crippen molar-refractivity contribution in [3.63, 3.8) is 0 Å². The summed E-state index contributed by atoms with van der Waals surface area (Å²) in [5.41, 5.74) is 0.407. The molecular formula is C7H7ClN4OS. The summed E-state index contributed by atoms with van der Waals surface area (Å²) in [5, 5.41) is 17.2. The zero-order valence-electron chi connectivity index (χ0n) is 7.27. The van der Waals surface area contributed by atoms with Gasteiger partial charge < -0.3 is 0 Å². The molecule has 0 aliphatic rings. The molecule has 0 bridgehead atoms. The van der Waals surface area contributed by atoms with Crippen LogP contribution in [0.4, 0.5) is 0 Å². The average Bonchev–Trinajstić information content (AvgIpc) is 2.08. The van der Waals surface area contributed by atoms with Gasteiger partial charge in [-0.1, -0.05) is 11.6 Å². The Hall–Kier alpha value is -1.32. The lowest BCUT2D eigenvalue weighted by molar-refractivity contribution is 0.682. The van der Waals surface area contributed by atoms with Gasteiger partial charge in [0.1, 0.15) is 0 Å². The molecule has 1 aromatic rings. The van der Waals surface area contributed by atoms with Crippen LogP contribution in [0.15, 0.2) is 12.1 Å². The number of halogens is 1. The third-order valence-corrected chi connectivity index (χ3v) is 2.64. The zero-order chi connectivity index (χ0) is 10.6. The van der Waals surface area contributed by atoms with Crippen molar-refractivity contribution in [3.05, 3.63) is 23.0 Å². The fraction of sp³-hybridized carbons (Fsp3) is 0.143. The summed E-state index contributed by atoms with van der Waals surface area (Å²) in [5.74, 6) is 0. The fourth-order valence-electron chi connectivity index (χ4n) is 0.740. The molecule has 1 unspecified atom stereocenters. The molecule has 74 valence electrons. The molecule has 0 fully saturated rings. The van der Waals surface area contributed by atoms with Gasteiger partial charge in [0.2, 0.25) is 0 Å². The molecule has 0 saturated carbocycles. The minimum absolute atomic E-state index is 0.262. The van der Waals surface area contributed by atoms with Crippen LogP contribution in [0.2, 0.25) is 5.15 Å². The number of nitrogens with zero attached hydrogens (tertiary/aromatic N) is 3. The molecule has 0 amide bonds. The van der Waals surface area contributed by atoms with Gasteiger partial charge in [-0.3, -0.25) is 0 Å². The lowest BCUT2D eigenvalue weighted by Gasteiger charge is -1.99. The Morgan fingerprint density at radius 1 is 1.64 bits per heavy atom. The van der Waals surface area contributed by atoms with E-state index in [-0.39, 0.29) is 5.15 Å². The van der Waals surface area contributed by atoms with Gasteiger partial charge in [-0.2, -0.15) is 5.26 Å². The van der Waals surface area contributed by atoms with Crippen LogP contribution >= 0.6 is 11.6 Å². The average molecular weight is 231 g/mol. The second-order valence-corrected chi connectivity index (χ2v) is 5.15. The monoisotopic (exact) mass is 230 g/mol. The predicted octanol–water partition coefficient (Wildman–Crippen LogP) is 0.180. The summed E-state index contributed by atoms with van der Waals surface area (Å²) >= 11 is 5.52. The van der Waals surface area contributed by atoms with Crippen LogP contribution in [0, 0.1) is 11.5 Å². The maximum absolute atomic E-state index is 11.6. The van der Waals surface area contributed by atoms with Crippen LogP contribution in [0.3, 0.4) is 0 Å². The van der Waals surface area contributed by atoms with E-state index in [0.29, 0.717) is 5.69 Å². The van der Waals surface area contributed by atoms with Gasteiger partial charge in [-0.05, 0) is 12.1 Å². The highest BCUT2D eigenvalue weighted by Crippen LogP contribution is 2.00. The standard InChI is InChI=1S/C7H7ClN4OS/c1-14(13,10-5-9)4-6-2-3-7(8)12-11-6/h2-4H,1H3,(H,10,13).